The molecule has 0 aliphatic rings. The SMILES string of the molecule is CCCCCCCCCCCCc1ccc(Oc2ccccc2S(=O)(=O)[O-])c(S(=O)(=O)[O-])c1.[NH4+].[NH4+]. The highest BCUT2D eigenvalue weighted by Gasteiger charge is 2.16. The maximum absolute atomic E-state index is 11.8. The van der Waals surface area contributed by atoms with Gasteiger partial charge in [-0.2, -0.15) is 0 Å². The van der Waals surface area contributed by atoms with Crippen molar-refractivity contribution in [2.75, 3.05) is 0 Å². The van der Waals surface area contributed by atoms with Gasteiger partial charge < -0.3 is 26.1 Å². The molecule has 0 fully saturated rings. The van der Waals surface area contributed by atoms with E-state index in [1.165, 1.54) is 75.3 Å². The van der Waals surface area contributed by atoms with Gasteiger partial charge in [0.25, 0.3) is 0 Å². The lowest BCUT2D eigenvalue weighted by atomic mass is 10.0. The first-order valence-electron chi connectivity index (χ1n) is 11.4. The Balaban J connectivity index is 0.00000578. The molecule has 11 heteroatoms. The van der Waals surface area contributed by atoms with Gasteiger partial charge >= 0.3 is 0 Å². The van der Waals surface area contributed by atoms with Crippen molar-refractivity contribution in [3.8, 4) is 11.5 Å². The minimum Gasteiger partial charge on any atom is -0.744 e. The highest BCUT2D eigenvalue weighted by molar-refractivity contribution is 7.86. The van der Waals surface area contributed by atoms with Gasteiger partial charge in [-0.25, -0.2) is 16.8 Å². The number of hydrogen-bond donors (Lipinski definition) is 2. The average molecular weight is 533 g/mol. The topological polar surface area (TPSA) is 197 Å². The smallest absolute Gasteiger partial charge is 0.145 e. The molecule has 200 valence electrons. The minimum absolute atomic E-state index is 0. The first-order chi connectivity index (χ1) is 15.6. The lowest BCUT2D eigenvalue weighted by Crippen LogP contribution is -2.05. The lowest BCUT2D eigenvalue weighted by Gasteiger charge is -2.18. The molecule has 0 saturated carbocycles. The van der Waals surface area contributed by atoms with Gasteiger partial charge in [-0.3, -0.25) is 0 Å². The predicted octanol–water partition coefficient (Wildman–Crippen LogP) is 6.50. The number of hydrogen-bond acceptors (Lipinski definition) is 7. The van der Waals surface area contributed by atoms with E-state index in [1.54, 1.807) is 6.07 Å². The first-order valence-corrected chi connectivity index (χ1v) is 14.3. The first kappa shape index (κ1) is 33.0. The zero-order valence-electron chi connectivity index (χ0n) is 21.0. The second-order valence-electron chi connectivity index (χ2n) is 8.17. The van der Waals surface area contributed by atoms with Crippen LogP contribution in [0, 0.1) is 0 Å². The third-order valence-corrected chi connectivity index (χ3v) is 7.17. The Kier molecular flexibility index (Phi) is 15.0. The largest absolute Gasteiger partial charge is 0.744 e. The molecule has 0 amide bonds. The summed E-state index contributed by atoms with van der Waals surface area (Å²) in [5.41, 5.74) is 0.682. The maximum Gasteiger partial charge on any atom is 0.145 e. The highest BCUT2D eigenvalue weighted by Crippen LogP contribution is 2.33. The summed E-state index contributed by atoms with van der Waals surface area (Å²) in [6.45, 7) is 2.21. The van der Waals surface area contributed by atoms with Crippen LogP contribution in [0.2, 0.25) is 0 Å². The molecule has 35 heavy (non-hydrogen) atoms. The third kappa shape index (κ3) is 11.5. The summed E-state index contributed by atoms with van der Waals surface area (Å²) in [5.74, 6) is -0.646. The maximum atomic E-state index is 11.8. The van der Waals surface area contributed by atoms with Crippen molar-refractivity contribution < 1.29 is 30.7 Å². The molecule has 0 heterocycles. The molecule has 0 spiro atoms. The van der Waals surface area contributed by atoms with Crippen molar-refractivity contribution in [3.05, 3.63) is 48.0 Å². The molecule has 0 aromatic heterocycles. The lowest BCUT2D eigenvalue weighted by molar-refractivity contribution is 0.426. The van der Waals surface area contributed by atoms with Crippen LogP contribution in [-0.4, -0.2) is 25.9 Å². The predicted molar refractivity (Wildman–Crippen MR) is 136 cm³/mol. The van der Waals surface area contributed by atoms with Crippen LogP contribution in [0.1, 0.15) is 76.7 Å². The van der Waals surface area contributed by atoms with Gasteiger partial charge in [0.2, 0.25) is 0 Å². The van der Waals surface area contributed by atoms with Crippen LogP contribution in [0.5, 0.6) is 11.5 Å². The Morgan fingerprint density at radius 3 is 1.69 bits per heavy atom. The standard InChI is InChI=1S/C24H34O7S2.2H3N/c1-2-3-4-5-6-7-8-9-10-11-14-20-17-18-22(24(19-20)33(28,29)30)31-21-15-12-13-16-23(21)32(25,26)27;;/h12-13,15-19H,2-11,14H2,1H3,(H,25,26,27)(H,28,29,30);2*1H3. The van der Waals surface area contributed by atoms with E-state index < -0.39 is 30.0 Å². The molecule has 8 N–H and O–H groups in total. The molecular weight excluding hydrogens is 492 g/mol. The Labute approximate surface area is 210 Å². The summed E-state index contributed by atoms with van der Waals surface area (Å²) < 4.78 is 75.1. The highest BCUT2D eigenvalue weighted by atomic mass is 32.2. The van der Waals surface area contributed by atoms with Gasteiger partial charge in [-0.15, -0.1) is 0 Å². The number of aryl methyl sites for hydroxylation is 1. The summed E-state index contributed by atoms with van der Waals surface area (Å²) >= 11 is 0. The number of rotatable bonds is 15. The Hall–Kier alpha value is -2.02. The molecule has 9 nitrogen and oxygen atoms in total. The van der Waals surface area contributed by atoms with E-state index >= 15 is 0 Å². The van der Waals surface area contributed by atoms with E-state index in [2.05, 4.69) is 6.92 Å². The molecule has 0 aliphatic carbocycles. The molecular formula is C24H40N2O7S2. The molecule has 0 bridgehead atoms. The van der Waals surface area contributed by atoms with Gasteiger partial charge in [0, 0.05) is 0 Å². The molecule has 0 aliphatic heterocycles. The fourth-order valence-corrected chi connectivity index (χ4v) is 4.92. The van der Waals surface area contributed by atoms with E-state index in [0.717, 1.165) is 25.3 Å². The van der Waals surface area contributed by atoms with Gasteiger partial charge in [0.15, 0.2) is 0 Å². The number of benzene rings is 2. The minimum atomic E-state index is -4.88. The second kappa shape index (κ2) is 15.9. The monoisotopic (exact) mass is 532 g/mol. The third-order valence-electron chi connectivity index (χ3n) is 5.43. The molecule has 2 rings (SSSR count). The van der Waals surface area contributed by atoms with E-state index in [4.69, 9.17) is 4.74 Å². The van der Waals surface area contributed by atoms with Crippen molar-refractivity contribution >= 4 is 20.2 Å². The summed E-state index contributed by atoms with van der Waals surface area (Å²) in [7, 11) is -9.72. The van der Waals surface area contributed by atoms with Crippen molar-refractivity contribution in [2.45, 2.75) is 87.3 Å². The van der Waals surface area contributed by atoms with E-state index in [9.17, 15) is 25.9 Å². The normalized spacial score (nSPS) is 11.4. The Morgan fingerprint density at radius 2 is 1.14 bits per heavy atom. The fraction of sp³-hybridized carbons (Fsp3) is 0.500. The van der Waals surface area contributed by atoms with Crippen LogP contribution in [0.3, 0.4) is 0 Å². The Bertz CT molecular complexity index is 1100. The number of para-hydroxylation sites is 1. The summed E-state index contributed by atoms with van der Waals surface area (Å²) in [6.07, 6.45) is 12.4. The Morgan fingerprint density at radius 1 is 0.657 bits per heavy atom. The van der Waals surface area contributed by atoms with Crippen LogP contribution in [0.4, 0.5) is 0 Å². The van der Waals surface area contributed by atoms with Crippen LogP contribution in [0.15, 0.2) is 52.3 Å². The molecule has 2 aromatic carbocycles. The van der Waals surface area contributed by atoms with Gasteiger partial charge in [-0.1, -0.05) is 82.9 Å². The molecule has 0 radical (unpaired) electrons. The van der Waals surface area contributed by atoms with Crippen LogP contribution in [0.25, 0.3) is 0 Å². The summed E-state index contributed by atoms with van der Waals surface area (Å²) in [6, 6.07) is 9.30. The van der Waals surface area contributed by atoms with Gasteiger partial charge in [-0.05, 0) is 42.7 Å². The van der Waals surface area contributed by atoms with Crippen molar-refractivity contribution in [2.24, 2.45) is 0 Å². The zero-order chi connectivity index (χ0) is 24.3. The summed E-state index contributed by atoms with van der Waals surface area (Å²) in [5, 5.41) is 0. The van der Waals surface area contributed by atoms with E-state index in [-0.39, 0.29) is 23.8 Å². The number of unbranched alkanes of at least 4 members (excludes halogenated alkanes) is 9. The van der Waals surface area contributed by atoms with Crippen molar-refractivity contribution in [1.82, 2.24) is 12.3 Å². The molecule has 2 aromatic rings. The molecule has 0 atom stereocenters. The fourth-order valence-electron chi connectivity index (χ4n) is 3.66. The van der Waals surface area contributed by atoms with Crippen LogP contribution in [-0.2, 0) is 26.7 Å². The summed E-state index contributed by atoms with van der Waals surface area (Å²) in [4.78, 5) is -1.21. The van der Waals surface area contributed by atoms with Crippen LogP contribution >= 0.6 is 0 Å². The quantitative estimate of drug-likeness (QED) is 0.192. The number of ether oxygens (including phenoxy) is 1. The number of quaternary nitrogens is 2. The average Bonchev–Trinajstić information content (AvgIpc) is 2.75. The van der Waals surface area contributed by atoms with Gasteiger partial charge in [0.1, 0.15) is 31.7 Å². The second-order valence-corrected chi connectivity index (χ2v) is 10.9. The van der Waals surface area contributed by atoms with Crippen molar-refractivity contribution in [3.63, 3.8) is 0 Å². The zero-order valence-corrected chi connectivity index (χ0v) is 22.6. The molecule has 0 saturated heterocycles. The van der Waals surface area contributed by atoms with Crippen molar-refractivity contribution in [1.29, 1.82) is 0 Å². The van der Waals surface area contributed by atoms with E-state index in [0.29, 0.717) is 12.0 Å². The molecule has 0 unspecified atom stereocenters. The van der Waals surface area contributed by atoms with Crippen LogP contribution < -0.4 is 17.0 Å². The van der Waals surface area contributed by atoms with E-state index in [1.807, 2.05) is 0 Å². The van der Waals surface area contributed by atoms with Gasteiger partial charge in [0.05, 0.1) is 9.79 Å².